The van der Waals surface area contributed by atoms with E-state index in [1.54, 1.807) is 0 Å². The summed E-state index contributed by atoms with van der Waals surface area (Å²) in [5.74, 6) is 0.269. The molecule has 6 atom stereocenters. The number of aromatic amines is 1. The number of aliphatic hydroxyl groups excluding tert-OH is 1. The highest BCUT2D eigenvalue weighted by Crippen LogP contribution is 2.66. The van der Waals surface area contributed by atoms with E-state index in [1.807, 2.05) is 0 Å². The molecule has 1 aliphatic rings. The fourth-order valence-corrected chi connectivity index (χ4v) is 6.06. The first-order chi connectivity index (χ1) is 15.1. The van der Waals surface area contributed by atoms with Crippen LogP contribution in [0.2, 0.25) is 0 Å². The highest BCUT2D eigenvalue weighted by atomic mass is 31.3. The molecule has 0 aromatic carbocycles. The summed E-state index contributed by atoms with van der Waals surface area (Å²) in [4.78, 5) is 58.5. The molecule has 33 heavy (non-hydrogen) atoms. The lowest BCUT2D eigenvalue weighted by Gasteiger charge is -2.19. The molecule has 3 unspecified atom stereocenters. The van der Waals surface area contributed by atoms with Crippen LogP contribution in [0, 0.1) is 6.92 Å². The predicted octanol–water partition coefficient (Wildman–Crippen LogP) is -0.955. The largest absolute Gasteiger partial charge is 0.490 e. The average Bonchev–Trinajstić information content (AvgIpc) is 3.17. The van der Waals surface area contributed by atoms with Crippen LogP contribution in [0.4, 0.5) is 0 Å². The zero-order chi connectivity index (χ0) is 24.8. The van der Waals surface area contributed by atoms with E-state index in [2.05, 4.69) is 28.1 Å². The second-order valence-corrected chi connectivity index (χ2v) is 11.0. The molecule has 0 aliphatic carbocycles. The van der Waals surface area contributed by atoms with Gasteiger partial charge in [-0.1, -0.05) is 0 Å². The van der Waals surface area contributed by atoms with Crippen molar-refractivity contribution in [2.45, 2.75) is 31.5 Å². The molecule has 18 nitrogen and oxygen atoms in total. The molecule has 0 amide bonds. The Kier molecular flexibility index (Phi) is 7.44. The minimum absolute atomic E-state index is 0.0229. The highest BCUT2D eigenvalue weighted by molar-refractivity contribution is 7.66. The SMILES string of the molecule is CO[C@H]1C(O)[C@@H](COP(=O)(O)OP(=O)(O)OP(=O)(O)O)O[C@H]1n1cnc2c(=O)[nH]c(C)nc21. The Hall–Kier alpha value is -1.36. The van der Waals surface area contributed by atoms with E-state index in [9.17, 15) is 33.4 Å². The average molecular weight is 536 g/mol. The van der Waals surface area contributed by atoms with Crippen molar-refractivity contribution in [3.8, 4) is 0 Å². The van der Waals surface area contributed by atoms with Gasteiger partial charge in [-0.25, -0.2) is 23.7 Å². The summed E-state index contributed by atoms with van der Waals surface area (Å²) in [7, 11) is -15.4. The summed E-state index contributed by atoms with van der Waals surface area (Å²) in [6.07, 6.45) is -3.87. The van der Waals surface area contributed by atoms with Gasteiger partial charge in [0.05, 0.1) is 12.9 Å². The minimum Gasteiger partial charge on any atom is -0.387 e. The molecule has 0 saturated carbocycles. The van der Waals surface area contributed by atoms with Crippen molar-refractivity contribution in [3.63, 3.8) is 0 Å². The van der Waals surface area contributed by atoms with Crippen molar-refractivity contribution < 1.29 is 61.0 Å². The zero-order valence-corrected chi connectivity index (χ0v) is 19.4. The maximum atomic E-state index is 12.0. The highest BCUT2D eigenvalue weighted by Gasteiger charge is 2.48. The second-order valence-electron chi connectivity index (χ2n) is 6.62. The van der Waals surface area contributed by atoms with Crippen molar-refractivity contribution in [2.75, 3.05) is 13.7 Å². The Labute approximate surface area is 183 Å². The van der Waals surface area contributed by atoms with Crippen molar-refractivity contribution in [2.24, 2.45) is 0 Å². The fourth-order valence-electron chi connectivity index (χ4n) is 3.03. The summed E-state index contributed by atoms with van der Waals surface area (Å²) in [6, 6.07) is 0. The van der Waals surface area contributed by atoms with Gasteiger partial charge < -0.3 is 39.1 Å². The van der Waals surface area contributed by atoms with E-state index in [4.69, 9.17) is 19.3 Å². The number of aryl methyl sites for hydroxylation is 1. The molecule has 1 fully saturated rings. The molecule has 0 bridgehead atoms. The van der Waals surface area contributed by atoms with Crippen LogP contribution < -0.4 is 5.56 Å². The lowest BCUT2D eigenvalue weighted by atomic mass is 10.1. The van der Waals surface area contributed by atoms with Gasteiger partial charge in [0, 0.05) is 7.11 Å². The summed E-state index contributed by atoms with van der Waals surface area (Å²) >= 11 is 0. The third-order valence-electron chi connectivity index (χ3n) is 4.23. The third-order valence-corrected chi connectivity index (χ3v) is 8.03. The Morgan fingerprint density at radius 2 is 1.85 bits per heavy atom. The summed E-state index contributed by atoms with van der Waals surface area (Å²) in [5.41, 5.74) is -0.442. The molecule has 2 aromatic rings. The normalized spacial score (nSPS) is 27.5. The van der Waals surface area contributed by atoms with Gasteiger partial charge in [0.1, 0.15) is 24.1 Å². The number of methoxy groups -OCH3 is 1. The van der Waals surface area contributed by atoms with Gasteiger partial charge >= 0.3 is 23.5 Å². The first-order valence-corrected chi connectivity index (χ1v) is 13.2. The molecule has 0 radical (unpaired) electrons. The molecule has 3 rings (SSSR count). The first-order valence-electron chi connectivity index (χ1n) is 8.70. The van der Waals surface area contributed by atoms with Crippen LogP contribution in [0.15, 0.2) is 11.1 Å². The zero-order valence-electron chi connectivity index (χ0n) is 16.7. The number of aliphatic hydroxyl groups is 1. The molecule has 6 N–H and O–H groups in total. The standard InChI is InChI=1S/C12H19N4O14P3/c1-5-14-10-7(11(18)15-5)13-4-16(10)12-9(26-2)8(17)6(28-12)3-27-32(22,23)30-33(24,25)29-31(19,20)21/h4,6,8-9,12,17H,3H2,1-2H3,(H,22,23)(H,24,25)(H,14,15,18)(H2,19,20,21)/t6-,8?,9+,12-/m1/s1. The van der Waals surface area contributed by atoms with Gasteiger partial charge in [0.2, 0.25) is 0 Å². The Balaban J connectivity index is 1.76. The Morgan fingerprint density at radius 1 is 1.18 bits per heavy atom. The smallest absolute Gasteiger partial charge is 0.387 e. The van der Waals surface area contributed by atoms with Crippen molar-refractivity contribution >= 4 is 34.6 Å². The molecule has 2 aromatic heterocycles. The van der Waals surface area contributed by atoms with Crippen molar-refractivity contribution in [3.05, 3.63) is 22.5 Å². The molecule has 0 spiro atoms. The van der Waals surface area contributed by atoms with Crippen LogP contribution in [-0.4, -0.2) is 76.2 Å². The molecule has 21 heteroatoms. The summed E-state index contributed by atoms with van der Waals surface area (Å²) in [6.45, 7) is 0.628. The molecule has 186 valence electrons. The number of fused-ring (bicyclic) bond motifs is 1. The van der Waals surface area contributed by atoms with Gasteiger partial charge in [0.25, 0.3) is 5.56 Å². The minimum atomic E-state index is -5.70. The number of hydrogen-bond donors (Lipinski definition) is 6. The monoisotopic (exact) mass is 536 g/mol. The van der Waals surface area contributed by atoms with Crippen LogP contribution in [-0.2, 0) is 36.3 Å². The van der Waals surface area contributed by atoms with Gasteiger partial charge in [-0.2, -0.15) is 8.62 Å². The number of aromatic nitrogens is 4. The maximum absolute atomic E-state index is 12.0. The molecular formula is C12H19N4O14P3. The number of H-pyrrole nitrogens is 1. The van der Waals surface area contributed by atoms with E-state index < -0.39 is 60.2 Å². The molecular weight excluding hydrogens is 517 g/mol. The lowest BCUT2D eigenvalue weighted by molar-refractivity contribution is -0.0577. The van der Waals surface area contributed by atoms with Gasteiger partial charge in [-0.05, 0) is 6.92 Å². The van der Waals surface area contributed by atoms with Crippen LogP contribution >= 0.6 is 23.5 Å². The predicted molar refractivity (Wildman–Crippen MR) is 103 cm³/mol. The number of nitrogens with one attached hydrogen (secondary N) is 1. The Morgan fingerprint density at radius 3 is 2.45 bits per heavy atom. The van der Waals surface area contributed by atoms with Crippen LogP contribution in [0.1, 0.15) is 12.1 Å². The van der Waals surface area contributed by atoms with Crippen molar-refractivity contribution in [1.82, 2.24) is 19.5 Å². The Bertz CT molecular complexity index is 1220. The van der Waals surface area contributed by atoms with Gasteiger partial charge in [-0.15, -0.1) is 0 Å². The van der Waals surface area contributed by atoms with E-state index in [0.717, 1.165) is 0 Å². The summed E-state index contributed by atoms with van der Waals surface area (Å²) in [5, 5.41) is 10.5. The molecule has 3 heterocycles. The van der Waals surface area contributed by atoms with Crippen molar-refractivity contribution in [1.29, 1.82) is 0 Å². The van der Waals surface area contributed by atoms with Gasteiger partial charge in [0.15, 0.2) is 17.4 Å². The number of nitrogens with zero attached hydrogens (tertiary/aromatic N) is 3. The second kappa shape index (κ2) is 9.36. The maximum Gasteiger partial charge on any atom is 0.490 e. The van der Waals surface area contributed by atoms with E-state index in [1.165, 1.54) is 24.9 Å². The topological polar surface area (TPSA) is 262 Å². The van der Waals surface area contributed by atoms with E-state index >= 15 is 0 Å². The van der Waals surface area contributed by atoms with E-state index in [-0.39, 0.29) is 17.0 Å². The number of phosphoric acid groups is 3. The van der Waals surface area contributed by atoms with Crippen LogP contribution in [0.25, 0.3) is 11.2 Å². The number of hydrogen-bond acceptors (Lipinski definition) is 12. The fraction of sp³-hybridized carbons (Fsp3) is 0.583. The first kappa shape index (κ1) is 26.2. The molecule has 1 saturated heterocycles. The quantitative estimate of drug-likeness (QED) is 0.211. The van der Waals surface area contributed by atoms with Gasteiger partial charge in [-0.3, -0.25) is 13.9 Å². The van der Waals surface area contributed by atoms with E-state index in [0.29, 0.717) is 0 Å². The number of phosphoric ester groups is 1. The molecule has 1 aliphatic heterocycles. The lowest BCUT2D eigenvalue weighted by Crippen LogP contribution is -2.35. The number of ether oxygens (including phenoxy) is 2. The number of rotatable bonds is 9. The third kappa shape index (κ3) is 6.21. The summed E-state index contributed by atoms with van der Waals surface area (Å²) < 4.78 is 57.8. The van der Waals surface area contributed by atoms with Crippen LogP contribution in [0.3, 0.4) is 0 Å². The van der Waals surface area contributed by atoms with Crippen LogP contribution in [0.5, 0.6) is 0 Å². The number of imidazole rings is 1.